The fourth-order valence-electron chi connectivity index (χ4n) is 2.00. The van der Waals surface area contributed by atoms with Crippen molar-refractivity contribution in [3.8, 4) is 0 Å². The average molecular weight is 265 g/mol. The fourth-order valence-corrected chi connectivity index (χ4v) is 2.00. The highest BCUT2D eigenvalue weighted by Gasteiger charge is 2.45. The number of aromatic nitrogens is 1. The van der Waals surface area contributed by atoms with Crippen LogP contribution < -0.4 is 5.32 Å². The van der Waals surface area contributed by atoms with Crippen molar-refractivity contribution in [3.63, 3.8) is 0 Å². The lowest BCUT2D eigenvalue weighted by atomic mass is 10.1. The summed E-state index contributed by atoms with van der Waals surface area (Å²) in [6, 6.07) is 1.02. The zero-order valence-electron chi connectivity index (χ0n) is 10.7. The van der Waals surface area contributed by atoms with Crippen LogP contribution in [-0.4, -0.2) is 27.5 Å². The molecule has 2 N–H and O–H groups in total. The van der Waals surface area contributed by atoms with Gasteiger partial charge in [-0.15, -0.1) is 0 Å². The second-order valence-electron chi connectivity index (χ2n) is 5.42. The summed E-state index contributed by atoms with van der Waals surface area (Å²) in [6.45, 7) is 4.90. The van der Waals surface area contributed by atoms with Gasteiger partial charge in [0.25, 0.3) is 5.69 Å². The van der Waals surface area contributed by atoms with Gasteiger partial charge in [0.15, 0.2) is 0 Å². The van der Waals surface area contributed by atoms with Crippen LogP contribution in [0.4, 0.5) is 11.5 Å². The number of nitro groups is 1. The van der Waals surface area contributed by atoms with Crippen molar-refractivity contribution >= 4 is 17.5 Å². The number of anilines is 1. The topological polar surface area (TPSA) is 105 Å². The van der Waals surface area contributed by atoms with Crippen molar-refractivity contribution in [2.45, 2.75) is 20.3 Å². The Bertz CT molecular complexity index is 542. The third-order valence-corrected chi connectivity index (χ3v) is 3.55. The third kappa shape index (κ3) is 2.81. The smallest absolute Gasteiger partial charge is 0.339 e. The van der Waals surface area contributed by atoms with Gasteiger partial charge in [-0.1, -0.05) is 13.8 Å². The Balaban J connectivity index is 2.15. The molecule has 0 amide bonds. The van der Waals surface area contributed by atoms with E-state index in [-0.39, 0.29) is 22.5 Å². The Morgan fingerprint density at radius 3 is 2.79 bits per heavy atom. The summed E-state index contributed by atoms with van der Waals surface area (Å²) in [5.74, 6) is -0.569. The lowest BCUT2D eigenvalue weighted by Gasteiger charge is -2.09. The highest BCUT2D eigenvalue weighted by Crippen LogP contribution is 2.51. The van der Waals surface area contributed by atoms with Crippen molar-refractivity contribution in [2.24, 2.45) is 11.3 Å². The normalized spacial score (nSPS) is 19.8. The van der Waals surface area contributed by atoms with E-state index >= 15 is 0 Å². The van der Waals surface area contributed by atoms with Crippen LogP contribution in [0.1, 0.15) is 30.6 Å². The maximum Gasteiger partial charge on any atom is 0.339 e. The number of carbonyl (C=O) groups is 1. The minimum Gasteiger partial charge on any atom is -0.478 e. The second kappa shape index (κ2) is 4.49. The van der Waals surface area contributed by atoms with Gasteiger partial charge in [0.05, 0.1) is 4.92 Å². The predicted octanol–water partition coefficient (Wildman–Crippen LogP) is 2.15. The van der Waals surface area contributed by atoms with E-state index in [9.17, 15) is 14.9 Å². The van der Waals surface area contributed by atoms with Crippen molar-refractivity contribution in [1.29, 1.82) is 0 Å². The molecule has 19 heavy (non-hydrogen) atoms. The molecule has 1 aromatic heterocycles. The van der Waals surface area contributed by atoms with E-state index in [2.05, 4.69) is 24.1 Å². The molecule has 1 unspecified atom stereocenters. The first-order chi connectivity index (χ1) is 8.81. The van der Waals surface area contributed by atoms with E-state index < -0.39 is 10.9 Å². The lowest BCUT2D eigenvalue weighted by molar-refractivity contribution is -0.385. The first-order valence-corrected chi connectivity index (χ1v) is 5.93. The molecule has 7 nitrogen and oxygen atoms in total. The highest BCUT2D eigenvalue weighted by molar-refractivity contribution is 5.93. The molecular formula is C12H15N3O4. The molecule has 1 saturated carbocycles. The van der Waals surface area contributed by atoms with Crippen molar-refractivity contribution in [2.75, 3.05) is 11.9 Å². The summed E-state index contributed by atoms with van der Waals surface area (Å²) in [6.07, 6.45) is 2.14. The number of carboxylic acid groups (broad SMARTS) is 1. The molecule has 1 aliphatic rings. The van der Waals surface area contributed by atoms with Crippen LogP contribution >= 0.6 is 0 Å². The van der Waals surface area contributed by atoms with Gasteiger partial charge in [0, 0.05) is 12.6 Å². The van der Waals surface area contributed by atoms with E-state index in [1.54, 1.807) is 0 Å². The maximum absolute atomic E-state index is 11.1. The van der Waals surface area contributed by atoms with E-state index in [1.807, 2.05) is 0 Å². The molecule has 0 bridgehead atoms. The van der Waals surface area contributed by atoms with Crippen LogP contribution in [0.5, 0.6) is 0 Å². The number of nitrogens with zero attached hydrogens (tertiary/aromatic N) is 2. The molecule has 2 rings (SSSR count). The van der Waals surface area contributed by atoms with Gasteiger partial charge < -0.3 is 10.4 Å². The number of nitrogens with one attached hydrogen (secondary N) is 1. The van der Waals surface area contributed by atoms with Gasteiger partial charge in [0.2, 0.25) is 0 Å². The minimum atomic E-state index is -1.23. The quantitative estimate of drug-likeness (QED) is 0.624. The van der Waals surface area contributed by atoms with Crippen LogP contribution in [0.3, 0.4) is 0 Å². The molecule has 102 valence electrons. The van der Waals surface area contributed by atoms with Gasteiger partial charge in [-0.3, -0.25) is 10.1 Å². The predicted molar refractivity (Wildman–Crippen MR) is 68.2 cm³/mol. The Kier molecular flexibility index (Phi) is 3.13. The van der Waals surface area contributed by atoms with E-state index in [4.69, 9.17) is 5.11 Å². The standard InChI is InChI=1S/C12H15N3O4/c1-12(2)4-7(12)5-13-10-9(11(16)17)3-8(6-14-10)15(18)19/h3,6-7H,4-5H2,1-2H3,(H,13,14)(H,16,17). The van der Waals surface area contributed by atoms with E-state index in [0.717, 1.165) is 18.7 Å². The second-order valence-corrected chi connectivity index (χ2v) is 5.42. The van der Waals surface area contributed by atoms with E-state index in [0.29, 0.717) is 12.5 Å². The third-order valence-electron chi connectivity index (χ3n) is 3.55. The van der Waals surface area contributed by atoms with Crippen molar-refractivity contribution in [3.05, 3.63) is 27.9 Å². The molecule has 1 atom stereocenters. The molecule has 7 heteroatoms. The van der Waals surface area contributed by atoms with Gasteiger partial charge in [-0.25, -0.2) is 9.78 Å². The average Bonchev–Trinajstić information content (AvgIpc) is 2.94. The Hall–Kier alpha value is -2.18. The Morgan fingerprint density at radius 2 is 2.32 bits per heavy atom. The number of pyridine rings is 1. The largest absolute Gasteiger partial charge is 0.478 e. The molecule has 0 aromatic carbocycles. The Labute approximate surface area is 109 Å². The summed E-state index contributed by atoms with van der Waals surface area (Å²) in [7, 11) is 0. The van der Waals surface area contributed by atoms with Crippen LogP contribution in [-0.2, 0) is 0 Å². The summed E-state index contributed by atoms with van der Waals surface area (Å²) >= 11 is 0. The van der Waals surface area contributed by atoms with Crippen LogP contribution in [0.15, 0.2) is 12.3 Å². The maximum atomic E-state index is 11.1. The van der Waals surface area contributed by atoms with Gasteiger partial charge in [-0.2, -0.15) is 0 Å². The number of rotatable bonds is 5. The number of hydrogen-bond acceptors (Lipinski definition) is 5. The molecule has 1 aliphatic carbocycles. The minimum absolute atomic E-state index is 0.173. The first-order valence-electron chi connectivity index (χ1n) is 5.93. The summed E-state index contributed by atoms with van der Waals surface area (Å²) in [4.78, 5) is 24.9. The number of carboxylic acids is 1. The van der Waals surface area contributed by atoms with Crippen LogP contribution in [0, 0.1) is 21.4 Å². The van der Waals surface area contributed by atoms with Crippen LogP contribution in [0.2, 0.25) is 0 Å². The highest BCUT2D eigenvalue weighted by atomic mass is 16.6. The zero-order chi connectivity index (χ0) is 14.2. The summed E-state index contributed by atoms with van der Waals surface area (Å²) in [5.41, 5.74) is -0.223. The van der Waals surface area contributed by atoms with Crippen molar-refractivity contribution in [1.82, 2.24) is 4.98 Å². The van der Waals surface area contributed by atoms with Gasteiger partial charge >= 0.3 is 5.97 Å². The molecule has 0 saturated heterocycles. The molecule has 0 radical (unpaired) electrons. The van der Waals surface area contributed by atoms with Gasteiger partial charge in [0.1, 0.15) is 17.6 Å². The van der Waals surface area contributed by atoms with Gasteiger partial charge in [-0.05, 0) is 17.8 Å². The SMILES string of the molecule is CC1(C)CC1CNc1ncc([N+](=O)[O-])cc1C(=O)O. The number of hydrogen-bond donors (Lipinski definition) is 2. The lowest BCUT2D eigenvalue weighted by Crippen LogP contribution is -2.13. The zero-order valence-corrected chi connectivity index (χ0v) is 10.7. The molecule has 1 fully saturated rings. The number of aromatic carboxylic acids is 1. The van der Waals surface area contributed by atoms with Crippen LogP contribution in [0.25, 0.3) is 0 Å². The van der Waals surface area contributed by atoms with Crippen molar-refractivity contribution < 1.29 is 14.8 Å². The molecule has 0 spiro atoms. The fraction of sp³-hybridized carbons (Fsp3) is 0.500. The molecule has 1 heterocycles. The Morgan fingerprint density at radius 1 is 1.68 bits per heavy atom. The van der Waals surface area contributed by atoms with E-state index in [1.165, 1.54) is 0 Å². The summed E-state index contributed by atoms with van der Waals surface area (Å²) < 4.78 is 0. The molecule has 1 aromatic rings. The first kappa shape index (κ1) is 13.3. The monoisotopic (exact) mass is 265 g/mol. The molecular weight excluding hydrogens is 250 g/mol. The summed E-state index contributed by atoms with van der Waals surface area (Å²) in [5, 5.41) is 22.6. The molecule has 0 aliphatic heterocycles.